The number of hydrogen-bond acceptors (Lipinski definition) is 3. The van der Waals surface area contributed by atoms with E-state index in [2.05, 4.69) is 10.4 Å². The molecule has 0 bridgehead atoms. The second kappa shape index (κ2) is 6.78. The van der Waals surface area contributed by atoms with E-state index in [0.717, 1.165) is 19.3 Å². The molecule has 0 aromatic carbocycles. The molecule has 7 nitrogen and oxygen atoms in total. The molecule has 126 valence electrons. The smallest absolute Gasteiger partial charge is 0.317 e. The summed E-state index contributed by atoms with van der Waals surface area (Å²) in [6.07, 6.45) is 6.97. The van der Waals surface area contributed by atoms with Crippen molar-refractivity contribution in [3.63, 3.8) is 0 Å². The Morgan fingerprint density at radius 2 is 2.00 bits per heavy atom. The molecule has 8 heteroatoms. The number of nitrogens with zero attached hydrogens (tertiary/aromatic N) is 3. The average Bonchev–Trinajstić information content (AvgIpc) is 3.16. The summed E-state index contributed by atoms with van der Waals surface area (Å²) in [6, 6.07) is 0.178. The minimum Gasteiger partial charge on any atom is -0.481 e. The van der Waals surface area contributed by atoms with Crippen molar-refractivity contribution in [1.82, 2.24) is 20.0 Å². The van der Waals surface area contributed by atoms with Crippen LogP contribution in [-0.4, -0.2) is 50.9 Å². The van der Waals surface area contributed by atoms with Gasteiger partial charge in [-0.25, -0.2) is 4.79 Å². The summed E-state index contributed by atoms with van der Waals surface area (Å²) in [4.78, 5) is 25.1. The van der Waals surface area contributed by atoms with Gasteiger partial charge in [-0.2, -0.15) is 5.10 Å². The molecule has 2 amide bonds. The Bertz CT molecular complexity index is 583. The zero-order chi connectivity index (χ0) is 16.4. The van der Waals surface area contributed by atoms with Gasteiger partial charge in [-0.15, -0.1) is 0 Å². The van der Waals surface area contributed by atoms with Gasteiger partial charge in [0.15, 0.2) is 0 Å². The SMILES string of the molecule is O=C(O)C1CCC(NC(=O)N2CCC(n3cc(Cl)cn3)C2)CC1. The molecule has 2 heterocycles. The molecule has 1 atom stereocenters. The summed E-state index contributed by atoms with van der Waals surface area (Å²) in [7, 11) is 0. The second-order valence-corrected chi connectivity index (χ2v) is 6.80. The fraction of sp³-hybridized carbons (Fsp3) is 0.667. The van der Waals surface area contributed by atoms with Crippen molar-refractivity contribution >= 4 is 23.6 Å². The largest absolute Gasteiger partial charge is 0.481 e. The van der Waals surface area contributed by atoms with Crippen LogP contribution in [0.1, 0.15) is 38.1 Å². The number of rotatable bonds is 3. The van der Waals surface area contributed by atoms with Gasteiger partial charge in [-0.3, -0.25) is 9.48 Å². The van der Waals surface area contributed by atoms with Gasteiger partial charge in [-0.05, 0) is 32.1 Å². The van der Waals surface area contributed by atoms with Crippen molar-refractivity contribution in [2.75, 3.05) is 13.1 Å². The van der Waals surface area contributed by atoms with E-state index in [4.69, 9.17) is 16.7 Å². The monoisotopic (exact) mass is 340 g/mol. The van der Waals surface area contributed by atoms with E-state index in [9.17, 15) is 9.59 Å². The Hall–Kier alpha value is -1.76. The molecule has 1 unspecified atom stereocenters. The van der Waals surface area contributed by atoms with Crippen LogP contribution in [0.15, 0.2) is 12.4 Å². The number of carbonyl (C=O) groups excluding carboxylic acids is 1. The molecule has 1 aliphatic heterocycles. The van der Waals surface area contributed by atoms with Gasteiger partial charge >= 0.3 is 12.0 Å². The highest BCUT2D eigenvalue weighted by molar-refractivity contribution is 6.30. The van der Waals surface area contributed by atoms with Gasteiger partial charge in [0.1, 0.15) is 0 Å². The topological polar surface area (TPSA) is 87.5 Å². The fourth-order valence-corrected chi connectivity index (χ4v) is 3.55. The Kier molecular flexibility index (Phi) is 4.75. The number of urea groups is 1. The molecule has 1 aromatic rings. The lowest BCUT2D eigenvalue weighted by Crippen LogP contribution is -2.45. The van der Waals surface area contributed by atoms with Crippen LogP contribution in [0.4, 0.5) is 4.79 Å². The molecule has 0 spiro atoms. The molecule has 2 aliphatic rings. The van der Waals surface area contributed by atoms with Crippen molar-refractivity contribution in [1.29, 1.82) is 0 Å². The van der Waals surface area contributed by atoms with Crippen molar-refractivity contribution in [2.24, 2.45) is 5.92 Å². The maximum atomic E-state index is 12.4. The van der Waals surface area contributed by atoms with Gasteiger partial charge in [-0.1, -0.05) is 11.6 Å². The Morgan fingerprint density at radius 3 is 2.61 bits per heavy atom. The van der Waals surface area contributed by atoms with Crippen LogP contribution >= 0.6 is 11.6 Å². The van der Waals surface area contributed by atoms with Crippen LogP contribution in [0.5, 0.6) is 0 Å². The lowest BCUT2D eigenvalue weighted by atomic mass is 9.86. The quantitative estimate of drug-likeness (QED) is 0.882. The van der Waals surface area contributed by atoms with Crippen LogP contribution < -0.4 is 5.32 Å². The Balaban J connectivity index is 1.47. The van der Waals surface area contributed by atoms with E-state index in [-0.39, 0.29) is 24.0 Å². The molecule has 2 N–H and O–H groups in total. The van der Waals surface area contributed by atoms with Gasteiger partial charge in [0.2, 0.25) is 0 Å². The molecule has 2 fully saturated rings. The lowest BCUT2D eigenvalue weighted by molar-refractivity contribution is -0.142. The predicted molar refractivity (Wildman–Crippen MR) is 84.4 cm³/mol. The zero-order valence-electron chi connectivity index (χ0n) is 12.8. The first-order valence-corrected chi connectivity index (χ1v) is 8.38. The zero-order valence-corrected chi connectivity index (χ0v) is 13.6. The first-order chi connectivity index (χ1) is 11.0. The third-order valence-corrected chi connectivity index (χ3v) is 4.99. The molecular formula is C15H21ClN4O3. The number of aromatic nitrogens is 2. The third-order valence-electron chi connectivity index (χ3n) is 4.80. The van der Waals surface area contributed by atoms with E-state index >= 15 is 0 Å². The minimum atomic E-state index is -0.727. The highest BCUT2D eigenvalue weighted by Gasteiger charge is 2.31. The summed E-state index contributed by atoms with van der Waals surface area (Å²) in [6.45, 7) is 1.31. The number of likely N-dealkylation sites (tertiary alicyclic amines) is 1. The molecule has 23 heavy (non-hydrogen) atoms. The average molecular weight is 341 g/mol. The molecule has 1 saturated carbocycles. The van der Waals surface area contributed by atoms with Crippen LogP contribution in [0, 0.1) is 5.92 Å². The highest BCUT2D eigenvalue weighted by Crippen LogP contribution is 2.26. The van der Waals surface area contributed by atoms with Gasteiger partial charge < -0.3 is 15.3 Å². The number of halogens is 1. The summed E-state index contributed by atoms with van der Waals surface area (Å²) < 4.78 is 1.81. The number of amides is 2. The van der Waals surface area contributed by atoms with Gasteiger partial charge in [0.05, 0.1) is 23.2 Å². The first-order valence-electron chi connectivity index (χ1n) is 8.01. The van der Waals surface area contributed by atoms with Crippen molar-refractivity contribution in [3.05, 3.63) is 17.4 Å². The van der Waals surface area contributed by atoms with E-state index in [0.29, 0.717) is 31.0 Å². The van der Waals surface area contributed by atoms with Crippen LogP contribution in [0.3, 0.4) is 0 Å². The maximum absolute atomic E-state index is 12.4. The number of carbonyl (C=O) groups is 2. The van der Waals surface area contributed by atoms with Crippen LogP contribution in [0.25, 0.3) is 0 Å². The molecule has 3 rings (SSSR count). The lowest BCUT2D eigenvalue weighted by Gasteiger charge is -2.28. The summed E-state index contributed by atoms with van der Waals surface area (Å²) in [5, 5.41) is 16.8. The number of nitrogens with one attached hydrogen (secondary N) is 1. The highest BCUT2D eigenvalue weighted by atomic mass is 35.5. The van der Waals surface area contributed by atoms with Gasteiger partial charge in [0.25, 0.3) is 0 Å². The first kappa shape index (κ1) is 16.1. The summed E-state index contributed by atoms with van der Waals surface area (Å²) in [5.41, 5.74) is 0. The predicted octanol–water partition coefficient (Wildman–Crippen LogP) is 2.14. The third kappa shape index (κ3) is 3.77. The molecule has 1 aliphatic carbocycles. The summed E-state index contributed by atoms with van der Waals surface area (Å²) >= 11 is 5.88. The van der Waals surface area contributed by atoms with Gasteiger partial charge in [0, 0.05) is 25.3 Å². The standard InChI is InChI=1S/C15H21ClN4O3/c16-11-7-17-20(8-11)13-5-6-19(9-13)15(23)18-12-3-1-10(2-4-12)14(21)22/h7-8,10,12-13H,1-6,9H2,(H,18,23)(H,21,22). The van der Waals surface area contributed by atoms with E-state index < -0.39 is 5.97 Å². The number of aliphatic carboxylic acids is 1. The molecular weight excluding hydrogens is 320 g/mol. The normalized spacial score (nSPS) is 27.9. The van der Waals surface area contributed by atoms with Crippen molar-refractivity contribution in [3.8, 4) is 0 Å². The number of carboxylic acids is 1. The Labute approximate surface area is 139 Å². The fourth-order valence-electron chi connectivity index (χ4n) is 3.41. The number of hydrogen-bond donors (Lipinski definition) is 2. The summed E-state index contributed by atoms with van der Waals surface area (Å²) in [5.74, 6) is -0.987. The number of carboxylic acid groups (broad SMARTS) is 1. The second-order valence-electron chi connectivity index (χ2n) is 6.36. The molecule has 0 radical (unpaired) electrons. The molecule has 1 saturated heterocycles. The van der Waals surface area contributed by atoms with E-state index in [1.165, 1.54) is 0 Å². The van der Waals surface area contributed by atoms with Crippen LogP contribution in [0.2, 0.25) is 5.02 Å². The minimum absolute atomic E-state index is 0.0653. The van der Waals surface area contributed by atoms with Crippen molar-refractivity contribution < 1.29 is 14.7 Å². The van der Waals surface area contributed by atoms with Crippen molar-refractivity contribution in [2.45, 2.75) is 44.2 Å². The van der Waals surface area contributed by atoms with E-state index in [1.54, 1.807) is 17.3 Å². The van der Waals surface area contributed by atoms with Crippen LogP contribution in [-0.2, 0) is 4.79 Å². The molecule has 1 aromatic heterocycles. The van der Waals surface area contributed by atoms with E-state index in [1.807, 2.05) is 4.68 Å². The maximum Gasteiger partial charge on any atom is 0.317 e. The Morgan fingerprint density at radius 1 is 1.26 bits per heavy atom.